The van der Waals surface area contributed by atoms with Crippen LogP contribution >= 0.6 is 0 Å². The number of benzene rings is 2. The summed E-state index contributed by atoms with van der Waals surface area (Å²) in [7, 11) is 0. The molecule has 2 nitrogen and oxygen atoms in total. The zero-order chi connectivity index (χ0) is 15.2. The SMILES string of the molecule is Cc1ccc(CNC(C#N)c2ccc(C(C)C)cc2)cc1. The predicted octanol–water partition coefficient (Wildman–Crippen LogP) is 4.47. The Labute approximate surface area is 127 Å². The van der Waals surface area contributed by atoms with E-state index >= 15 is 0 Å². The molecule has 1 atom stereocenters. The van der Waals surface area contributed by atoms with Gasteiger partial charge in [0.1, 0.15) is 6.04 Å². The molecule has 1 N–H and O–H groups in total. The maximum Gasteiger partial charge on any atom is 0.121 e. The van der Waals surface area contributed by atoms with Crippen molar-refractivity contribution in [3.8, 4) is 6.07 Å². The maximum absolute atomic E-state index is 9.37. The standard InChI is InChI=1S/C19H22N2/c1-14(2)17-8-10-18(11-9-17)19(12-20)21-13-16-6-4-15(3)5-7-16/h4-11,14,19,21H,13H2,1-3H3. The first kappa shape index (κ1) is 15.3. The van der Waals surface area contributed by atoms with E-state index in [9.17, 15) is 5.26 Å². The van der Waals surface area contributed by atoms with Crippen molar-refractivity contribution < 1.29 is 0 Å². The molecule has 0 heterocycles. The van der Waals surface area contributed by atoms with Crippen LogP contribution in [-0.2, 0) is 6.54 Å². The van der Waals surface area contributed by atoms with Gasteiger partial charge in [0.05, 0.1) is 6.07 Å². The summed E-state index contributed by atoms with van der Waals surface area (Å²) in [6, 6.07) is 18.8. The van der Waals surface area contributed by atoms with Gasteiger partial charge in [-0.2, -0.15) is 5.26 Å². The number of nitrogens with zero attached hydrogens (tertiary/aromatic N) is 1. The molecular weight excluding hydrogens is 256 g/mol. The molecule has 0 saturated heterocycles. The van der Waals surface area contributed by atoms with Crippen LogP contribution < -0.4 is 5.32 Å². The number of rotatable bonds is 5. The smallest absolute Gasteiger partial charge is 0.121 e. The first-order chi connectivity index (χ1) is 10.1. The lowest BCUT2D eigenvalue weighted by Crippen LogP contribution is -2.19. The lowest BCUT2D eigenvalue weighted by Gasteiger charge is -2.13. The van der Waals surface area contributed by atoms with Gasteiger partial charge in [-0.25, -0.2) is 0 Å². The highest BCUT2D eigenvalue weighted by molar-refractivity contribution is 5.30. The van der Waals surface area contributed by atoms with E-state index < -0.39 is 0 Å². The van der Waals surface area contributed by atoms with Gasteiger partial charge in [-0.3, -0.25) is 5.32 Å². The third-order valence-corrected chi connectivity index (χ3v) is 3.70. The lowest BCUT2D eigenvalue weighted by molar-refractivity contribution is 0.630. The topological polar surface area (TPSA) is 35.8 Å². The zero-order valence-electron chi connectivity index (χ0n) is 12.9. The number of hydrogen-bond acceptors (Lipinski definition) is 2. The summed E-state index contributed by atoms with van der Waals surface area (Å²) in [6.45, 7) is 7.12. The first-order valence-electron chi connectivity index (χ1n) is 7.38. The van der Waals surface area contributed by atoms with Crippen molar-refractivity contribution in [1.82, 2.24) is 5.32 Å². The van der Waals surface area contributed by atoms with Gasteiger partial charge < -0.3 is 0 Å². The molecule has 0 radical (unpaired) electrons. The Morgan fingerprint density at radius 2 is 1.52 bits per heavy atom. The molecule has 1 unspecified atom stereocenters. The van der Waals surface area contributed by atoms with Gasteiger partial charge in [-0.05, 0) is 29.5 Å². The summed E-state index contributed by atoms with van der Waals surface area (Å²) in [5, 5.41) is 12.7. The van der Waals surface area contributed by atoms with Crippen molar-refractivity contribution >= 4 is 0 Å². The van der Waals surface area contributed by atoms with Gasteiger partial charge in [0, 0.05) is 6.54 Å². The summed E-state index contributed by atoms with van der Waals surface area (Å²) in [5.41, 5.74) is 4.77. The minimum atomic E-state index is -0.271. The number of nitriles is 1. The molecule has 0 aromatic heterocycles. The zero-order valence-corrected chi connectivity index (χ0v) is 12.9. The largest absolute Gasteiger partial charge is 0.294 e. The summed E-state index contributed by atoms with van der Waals surface area (Å²) in [6.07, 6.45) is 0. The second-order valence-corrected chi connectivity index (χ2v) is 5.75. The fraction of sp³-hybridized carbons (Fsp3) is 0.316. The first-order valence-corrected chi connectivity index (χ1v) is 7.38. The molecule has 21 heavy (non-hydrogen) atoms. The molecule has 2 rings (SSSR count). The average Bonchev–Trinajstić information content (AvgIpc) is 2.50. The maximum atomic E-state index is 9.37. The van der Waals surface area contributed by atoms with Crippen LogP contribution in [0.4, 0.5) is 0 Å². The third-order valence-electron chi connectivity index (χ3n) is 3.70. The number of aryl methyl sites for hydroxylation is 1. The molecule has 0 aliphatic carbocycles. The van der Waals surface area contributed by atoms with E-state index in [1.54, 1.807) is 0 Å². The molecule has 0 aliphatic heterocycles. The molecule has 0 bridgehead atoms. The van der Waals surface area contributed by atoms with E-state index in [-0.39, 0.29) is 6.04 Å². The van der Waals surface area contributed by atoms with Crippen LogP contribution in [0.1, 0.15) is 48.1 Å². The number of hydrogen-bond donors (Lipinski definition) is 1. The third kappa shape index (κ3) is 4.18. The molecule has 0 aliphatic rings. The van der Waals surface area contributed by atoms with Gasteiger partial charge >= 0.3 is 0 Å². The van der Waals surface area contributed by atoms with E-state index in [0.29, 0.717) is 12.5 Å². The molecule has 0 amide bonds. The van der Waals surface area contributed by atoms with Gasteiger partial charge in [0.2, 0.25) is 0 Å². The van der Waals surface area contributed by atoms with Gasteiger partial charge in [-0.1, -0.05) is 67.9 Å². The minimum Gasteiger partial charge on any atom is -0.294 e. The Morgan fingerprint density at radius 1 is 0.952 bits per heavy atom. The Kier molecular flexibility index (Phi) is 5.14. The minimum absolute atomic E-state index is 0.271. The van der Waals surface area contributed by atoms with E-state index in [2.05, 4.69) is 68.6 Å². The van der Waals surface area contributed by atoms with Crippen molar-refractivity contribution in [3.05, 3.63) is 70.8 Å². The highest BCUT2D eigenvalue weighted by Gasteiger charge is 2.10. The summed E-state index contributed by atoms with van der Waals surface area (Å²) < 4.78 is 0. The fourth-order valence-electron chi connectivity index (χ4n) is 2.24. The molecule has 2 aromatic rings. The molecule has 0 fully saturated rings. The summed E-state index contributed by atoms with van der Waals surface area (Å²) in [4.78, 5) is 0. The average molecular weight is 278 g/mol. The molecule has 108 valence electrons. The second-order valence-electron chi connectivity index (χ2n) is 5.75. The van der Waals surface area contributed by atoms with Crippen molar-refractivity contribution in [2.75, 3.05) is 0 Å². The lowest BCUT2D eigenvalue weighted by atomic mass is 9.99. The Balaban J connectivity index is 2.02. The van der Waals surface area contributed by atoms with Gasteiger partial charge in [-0.15, -0.1) is 0 Å². The van der Waals surface area contributed by atoms with Crippen LogP contribution in [0.25, 0.3) is 0 Å². The van der Waals surface area contributed by atoms with E-state index in [4.69, 9.17) is 0 Å². The van der Waals surface area contributed by atoms with E-state index in [1.807, 2.05) is 12.1 Å². The quantitative estimate of drug-likeness (QED) is 0.875. The van der Waals surface area contributed by atoms with E-state index in [0.717, 1.165) is 5.56 Å². The highest BCUT2D eigenvalue weighted by atomic mass is 14.9. The molecule has 0 spiro atoms. The molecule has 0 saturated carbocycles. The second kappa shape index (κ2) is 7.06. The molecule has 2 aromatic carbocycles. The fourth-order valence-corrected chi connectivity index (χ4v) is 2.24. The van der Waals surface area contributed by atoms with Crippen molar-refractivity contribution in [3.63, 3.8) is 0 Å². The Hall–Kier alpha value is -2.11. The van der Waals surface area contributed by atoms with Crippen LogP contribution in [0.3, 0.4) is 0 Å². The van der Waals surface area contributed by atoms with Crippen LogP contribution in [-0.4, -0.2) is 0 Å². The molecule has 2 heteroatoms. The summed E-state index contributed by atoms with van der Waals surface area (Å²) >= 11 is 0. The Bertz CT molecular complexity index is 604. The Morgan fingerprint density at radius 3 is 2.05 bits per heavy atom. The normalized spacial score (nSPS) is 12.1. The van der Waals surface area contributed by atoms with Crippen LogP contribution in [0.5, 0.6) is 0 Å². The van der Waals surface area contributed by atoms with Crippen molar-refractivity contribution in [2.24, 2.45) is 0 Å². The monoisotopic (exact) mass is 278 g/mol. The van der Waals surface area contributed by atoms with Crippen molar-refractivity contribution in [2.45, 2.75) is 39.3 Å². The van der Waals surface area contributed by atoms with Crippen molar-refractivity contribution in [1.29, 1.82) is 5.26 Å². The van der Waals surface area contributed by atoms with Crippen LogP contribution in [0.2, 0.25) is 0 Å². The number of nitrogens with one attached hydrogen (secondary N) is 1. The predicted molar refractivity (Wildman–Crippen MR) is 86.9 cm³/mol. The van der Waals surface area contributed by atoms with Crippen LogP contribution in [0.15, 0.2) is 48.5 Å². The van der Waals surface area contributed by atoms with E-state index in [1.165, 1.54) is 16.7 Å². The summed E-state index contributed by atoms with van der Waals surface area (Å²) in [5.74, 6) is 0.514. The van der Waals surface area contributed by atoms with Crippen LogP contribution in [0, 0.1) is 18.3 Å². The highest BCUT2D eigenvalue weighted by Crippen LogP contribution is 2.19. The van der Waals surface area contributed by atoms with Gasteiger partial charge in [0.25, 0.3) is 0 Å². The van der Waals surface area contributed by atoms with Gasteiger partial charge in [0.15, 0.2) is 0 Å². The molecular formula is C19H22N2.